The summed E-state index contributed by atoms with van der Waals surface area (Å²) in [4.78, 5) is 33.1. The van der Waals surface area contributed by atoms with Gasteiger partial charge in [0.2, 0.25) is 11.8 Å². The molecule has 2 aromatic rings. The summed E-state index contributed by atoms with van der Waals surface area (Å²) < 4.78 is 0. The highest BCUT2D eigenvalue weighted by Gasteiger charge is 2.29. The molecule has 1 aromatic carbocycles. The number of rotatable bonds is 6. The van der Waals surface area contributed by atoms with Crippen LogP contribution in [0, 0.1) is 12.8 Å². The normalized spacial score (nSPS) is 14.7. The van der Waals surface area contributed by atoms with Gasteiger partial charge in [-0.1, -0.05) is 24.3 Å². The van der Waals surface area contributed by atoms with Crippen molar-refractivity contribution in [3.63, 3.8) is 0 Å². The lowest BCUT2D eigenvalue weighted by atomic mass is 9.94. The average molecular weight is 380 g/mol. The first-order valence-corrected chi connectivity index (χ1v) is 10.0. The standard InChI is InChI=1S/C23H29N3O2/c1-18-5-3-4-6-21(18)17-22(27)26-15-10-20(11-16-26)23(28)25(2)14-9-19-7-12-24-13-8-19/h3-8,12-13,20H,9-11,14-17H2,1-2H3. The second kappa shape index (κ2) is 9.49. The Labute approximate surface area is 167 Å². The molecule has 0 atom stereocenters. The Kier molecular flexibility index (Phi) is 6.80. The summed E-state index contributed by atoms with van der Waals surface area (Å²) in [6, 6.07) is 12.0. The van der Waals surface area contributed by atoms with E-state index in [1.54, 1.807) is 12.4 Å². The van der Waals surface area contributed by atoms with Crippen LogP contribution in [0.1, 0.15) is 29.5 Å². The van der Waals surface area contributed by atoms with Gasteiger partial charge in [-0.25, -0.2) is 0 Å². The number of carbonyl (C=O) groups is 2. The Balaban J connectivity index is 1.45. The van der Waals surface area contributed by atoms with E-state index in [0.29, 0.717) is 26.1 Å². The maximum Gasteiger partial charge on any atom is 0.226 e. The van der Waals surface area contributed by atoms with Crippen LogP contribution >= 0.6 is 0 Å². The third-order valence-corrected chi connectivity index (χ3v) is 5.66. The van der Waals surface area contributed by atoms with E-state index in [4.69, 9.17) is 0 Å². The van der Waals surface area contributed by atoms with Crippen molar-refractivity contribution in [2.75, 3.05) is 26.7 Å². The van der Waals surface area contributed by atoms with Crippen LogP contribution in [0.3, 0.4) is 0 Å². The number of likely N-dealkylation sites (N-methyl/N-ethyl adjacent to an activating group) is 1. The van der Waals surface area contributed by atoms with Gasteiger partial charge in [-0.3, -0.25) is 14.6 Å². The molecule has 148 valence electrons. The van der Waals surface area contributed by atoms with E-state index in [2.05, 4.69) is 4.98 Å². The van der Waals surface area contributed by atoms with Crippen LogP contribution in [0.4, 0.5) is 0 Å². The zero-order valence-electron chi connectivity index (χ0n) is 16.8. The fourth-order valence-electron chi connectivity index (χ4n) is 3.73. The first-order chi connectivity index (χ1) is 13.5. The summed E-state index contributed by atoms with van der Waals surface area (Å²) in [7, 11) is 1.87. The molecule has 3 rings (SSSR count). The number of nitrogens with zero attached hydrogens (tertiary/aromatic N) is 3. The summed E-state index contributed by atoms with van der Waals surface area (Å²) >= 11 is 0. The third kappa shape index (κ3) is 5.18. The van der Waals surface area contributed by atoms with E-state index < -0.39 is 0 Å². The van der Waals surface area contributed by atoms with Gasteiger partial charge in [-0.15, -0.1) is 0 Å². The molecule has 2 amide bonds. The molecule has 0 aliphatic carbocycles. The van der Waals surface area contributed by atoms with E-state index in [0.717, 1.165) is 30.4 Å². The van der Waals surface area contributed by atoms with Crippen molar-refractivity contribution in [1.29, 1.82) is 0 Å². The lowest BCUT2D eigenvalue weighted by Gasteiger charge is -2.33. The molecule has 1 saturated heterocycles. The van der Waals surface area contributed by atoms with Crippen LogP contribution < -0.4 is 0 Å². The Hall–Kier alpha value is -2.69. The first-order valence-electron chi connectivity index (χ1n) is 10.0. The lowest BCUT2D eigenvalue weighted by molar-refractivity contribution is -0.139. The first kappa shape index (κ1) is 20.1. The minimum absolute atomic E-state index is 0.0185. The Morgan fingerprint density at radius 2 is 1.79 bits per heavy atom. The van der Waals surface area contributed by atoms with Crippen molar-refractivity contribution in [3.8, 4) is 0 Å². The highest BCUT2D eigenvalue weighted by Crippen LogP contribution is 2.21. The van der Waals surface area contributed by atoms with Crippen molar-refractivity contribution in [1.82, 2.24) is 14.8 Å². The van der Waals surface area contributed by atoms with Gasteiger partial charge >= 0.3 is 0 Å². The molecular weight excluding hydrogens is 350 g/mol. The Morgan fingerprint density at radius 1 is 1.11 bits per heavy atom. The predicted octanol–water partition coefficient (Wildman–Crippen LogP) is 2.87. The molecule has 0 N–H and O–H groups in total. The van der Waals surface area contributed by atoms with Gasteiger partial charge in [0.25, 0.3) is 0 Å². The smallest absolute Gasteiger partial charge is 0.226 e. The minimum Gasteiger partial charge on any atom is -0.345 e. The zero-order chi connectivity index (χ0) is 19.9. The van der Waals surface area contributed by atoms with Gasteiger partial charge in [0.15, 0.2) is 0 Å². The number of benzene rings is 1. The maximum atomic E-state index is 12.7. The number of pyridine rings is 1. The van der Waals surface area contributed by atoms with Crippen molar-refractivity contribution in [2.45, 2.75) is 32.6 Å². The average Bonchev–Trinajstić information content (AvgIpc) is 2.74. The molecule has 0 saturated carbocycles. The topological polar surface area (TPSA) is 53.5 Å². The van der Waals surface area contributed by atoms with Crippen molar-refractivity contribution < 1.29 is 9.59 Å². The molecule has 1 aliphatic rings. The zero-order valence-corrected chi connectivity index (χ0v) is 16.8. The summed E-state index contributed by atoms with van der Waals surface area (Å²) in [5.41, 5.74) is 3.42. The van der Waals surface area contributed by atoms with Crippen molar-refractivity contribution >= 4 is 11.8 Å². The third-order valence-electron chi connectivity index (χ3n) is 5.66. The van der Waals surface area contributed by atoms with Crippen molar-refractivity contribution in [2.24, 2.45) is 5.92 Å². The van der Waals surface area contributed by atoms with E-state index >= 15 is 0 Å². The molecule has 1 aliphatic heterocycles. The Morgan fingerprint density at radius 3 is 2.46 bits per heavy atom. The molecule has 1 fully saturated rings. The lowest BCUT2D eigenvalue weighted by Crippen LogP contribution is -2.44. The van der Waals surface area contributed by atoms with Gasteiger partial charge < -0.3 is 9.80 Å². The molecule has 28 heavy (non-hydrogen) atoms. The molecular formula is C23H29N3O2. The number of piperidine rings is 1. The molecule has 2 heterocycles. The van der Waals surface area contributed by atoms with E-state index in [1.165, 1.54) is 5.56 Å². The SMILES string of the molecule is Cc1ccccc1CC(=O)N1CCC(C(=O)N(C)CCc2ccncc2)CC1. The number of hydrogen-bond donors (Lipinski definition) is 0. The molecule has 0 spiro atoms. The second-order valence-electron chi connectivity index (χ2n) is 7.62. The van der Waals surface area contributed by atoms with E-state index in [-0.39, 0.29) is 17.7 Å². The summed E-state index contributed by atoms with van der Waals surface area (Å²) in [5, 5.41) is 0. The molecule has 1 aromatic heterocycles. The van der Waals surface area contributed by atoms with E-state index in [9.17, 15) is 9.59 Å². The molecule has 5 nitrogen and oxygen atoms in total. The number of amides is 2. The van der Waals surface area contributed by atoms with Crippen LogP contribution in [0.2, 0.25) is 0 Å². The largest absolute Gasteiger partial charge is 0.345 e. The van der Waals surface area contributed by atoms with Gasteiger partial charge in [0.1, 0.15) is 0 Å². The summed E-state index contributed by atoms with van der Waals surface area (Å²) in [6.45, 7) is 4.07. The number of aromatic nitrogens is 1. The molecule has 5 heteroatoms. The van der Waals surface area contributed by atoms with Gasteiger partial charge in [-0.05, 0) is 55.0 Å². The number of hydrogen-bond acceptors (Lipinski definition) is 3. The molecule has 0 radical (unpaired) electrons. The second-order valence-corrected chi connectivity index (χ2v) is 7.62. The van der Waals surface area contributed by atoms with Gasteiger partial charge in [-0.2, -0.15) is 0 Å². The van der Waals surface area contributed by atoms with Gasteiger partial charge in [0.05, 0.1) is 6.42 Å². The maximum absolute atomic E-state index is 12.7. The van der Waals surface area contributed by atoms with Crippen LogP contribution in [0.15, 0.2) is 48.8 Å². The fraction of sp³-hybridized carbons (Fsp3) is 0.435. The molecule has 0 bridgehead atoms. The number of aryl methyl sites for hydroxylation is 1. The van der Waals surface area contributed by atoms with Crippen molar-refractivity contribution in [3.05, 3.63) is 65.5 Å². The predicted molar refractivity (Wildman–Crippen MR) is 110 cm³/mol. The minimum atomic E-state index is 0.0185. The number of carbonyl (C=O) groups excluding carboxylic acids is 2. The quantitative estimate of drug-likeness (QED) is 0.776. The Bertz CT molecular complexity index is 799. The van der Waals surface area contributed by atoms with Crippen LogP contribution in [-0.4, -0.2) is 53.3 Å². The molecule has 0 unspecified atom stereocenters. The van der Waals surface area contributed by atoms with Crippen LogP contribution in [0.25, 0.3) is 0 Å². The summed E-state index contributed by atoms with van der Waals surface area (Å²) in [6.07, 6.45) is 6.33. The van der Waals surface area contributed by atoms with Crippen LogP contribution in [0.5, 0.6) is 0 Å². The summed E-state index contributed by atoms with van der Waals surface area (Å²) in [5.74, 6) is 0.372. The monoisotopic (exact) mass is 379 g/mol. The van der Waals surface area contributed by atoms with E-state index in [1.807, 2.05) is 60.2 Å². The highest BCUT2D eigenvalue weighted by atomic mass is 16.2. The fourth-order valence-corrected chi connectivity index (χ4v) is 3.73. The van der Waals surface area contributed by atoms with Gasteiger partial charge in [0, 0.05) is 45.0 Å². The highest BCUT2D eigenvalue weighted by molar-refractivity contribution is 5.81. The van der Waals surface area contributed by atoms with Crippen LogP contribution in [-0.2, 0) is 22.4 Å². The number of likely N-dealkylation sites (tertiary alicyclic amines) is 1.